The molecule has 0 bridgehead atoms. The summed E-state index contributed by atoms with van der Waals surface area (Å²) in [7, 11) is 3.11. The van der Waals surface area contributed by atoms with Crippen LogP contribution >= 0.6 is 0 Å². The van der Waals surface area contributed by atoms with Gasteiger partial charge < -0.3 is 19.9 Å². The molecule has 2 N–H and O–H groups in total. The van der Waals surface area contributed by atoms with E-state index in [1.54, 1.807) is 25.3 Å². The van der Waals surface area contributed by atoms with Gasteiger partial charge in [-0.2, -0.15) is 0 Å². The van der Waals surface area contributed by atoms with Crippen LogP contribution in [0.15, 0.2) is 18.2 Å². The van der Waals surface area contributed by atoms with Crippen LogP contribution in [0.4, 0.5) is 0 Å². The molecule has 1 amide bonds. The monoisotopic (exact) mass is 265 g/mol. The molecule has 1 aromatic rings. The molecule has 1 aromatic carbocycles. The molecule has 2 rings (SSSR count). The zero-order valence-electron chi connectivity index (χ0n) is 11.2. The molecule has 0 atom stereocenters. The van der Waals surface area contributed by atoms with E-state index in [2.05, 4.69) is 5.32 Å². The van der Waals surface area contributed by atoms with E-state index in [1.165, 1.54) is 7.11 Å². The lowest BCUT2D eigenvalue weighted by Crippen LogP contribution is -2.49. The van der Waals surface area contributed by atoms with Crippen molar-refractivity contribution in [3.8, 4) is 11.5 Å². The highest BCUT2D eigenvalue weighted by molar-refractivity contribution is 5.97. The third kappa shape index (κ3) is 2.66. The fourth-order valence-electron chi connectivity index (χ4n) is 2.23. The molecule has 1 fully saturated rings. The third-order valence-corrected chi connectivity index (χ3v) is 3.73. The third-order valence-electron chi connectivity index (χ3n) is 3.73. The van der Waals surface area contributed by atoms with Crippen molar-refractivity contribution in [2.24, 2.45) is 0 Å². The first-order chi connectivity index (χ1) is 9.12. The number of phenols is 1. The molecule has 0 heterocycles. The van der Waals surface area contributed by atoms with Crippen LogP contribution in [0.5, 0.6) is 11.5 Å². The van der Waals surface area contributed by atoms with Gasteiger partial charge in [-0.3, -0.25) is 4.79 Å². The molecule has 1 aliphatic carbocycles. The standard InChI is InChI=1S/C14H19NO4/c1-18-11-6-3-5-10(12(11)16)13(17)15-9-14(19-2)7-4-8-14/h3,5-6,16H,4,7-9H2,1-2H3,(H,15,17). The normalized spacial score (nSPS) is 16.5. The van der Waals surface area contributed by atoms with E-state index >= 15 is 0 Å². The number of rotatable bonds is 5. The molecular weight excluding hydrogens is 246 g/mol. The van der Waals surface area contributed by atoms with Crippen LogP contribution in [0.3, 0.4) is 0 Å². The van der Waals surface area contributed by atoms with E-state index in [4.69, 9.17) is 9.47 Å². The molecular formula is C14H19NO4. The van der Waals surface area contributed by atoms with Crippen molar-refractivity contribution >= 4 is 5.91 Å². The molecule has 1 saturated carbocycles. The Labute approximate surface area is 112 Å². The molecule has 104 valence electrons. The molecule has 19 heavy (non-hydrogen) atoms. The molecule has 0 spiro atoms. The van der Waals surface area contributed by atoms with Gasteiger partial charge in [0, 0.05) is 13.7 Å². The Morgan fingerprint density at radius 2 is 2.16 bits per heavy atom. The number of hydrogen-bond acceptors (Lipinski definition) is 4. The Morgan fingerprint density at radius 1 is 1.42 bits per heavy atom. The molecule has 5 heteroatoms. The summed E-state index contributed by atoms with van der Waals surface area (Å²) in [5, 5.41) is 12.7. The van der Waals surface area contributed by atoms with E-state index in [1.807, 2.05) is 0 Å². The number of hydrogen-bond donors (Lipinski definition) is 2. The molecule has 0 aromatic heterocycles. The van der Waals surface area contributed by atoms with E-state index in [0.717, 1.165) is 19.3 Å². The first-order valence-electron chi connectivity index (χ1n) is 6.31. The summed E-state index contributed by atoms with van der Waals surface area (Å²) < 4.78 is 10.4. The number of carbonyl (C=O) groups excluding carboxylic acids is 1. The highest BCUT2D eigenvalue weighted by Crippen LogP contribution is 2.34. The quantitative estimate of drug-likeness (QED) is 0.850. The molecule has 1 aliphatic rings. The minimum absolute atomic E-state index is 0.137. The number of nitrogens with one attached hydrogen (secondary N) is 1. The van der Waals surface area contributed by atoms with Gasteiger partial charge in [-0.05, 0) is 31.4 Å². The summed E-state index contributed by atoms with van der Waals surface area (Å²) in [4.78, 5) is 12.1. The predicted molar refractivity (Wildman–Crippen MR) is 70.6 cm³/mol. The molecule has 0 unspecified atom stereocenters. The lowest BCUT2D eigenvalue weighted by atomic mass is 9.80. The van der Waals surface area contributed by atoms with Gasteiger partial charge in [0.25, 0.3) is 5.91 Å². The Hall–Kier alpha value is -1.75. The second kappa shape index (κ2) is 5.48. The largest absolute Gasteiger partial charge is 0.504 e. The first-order valence-corrected chi connectivity index (χ1v) is 6.31. The van der Waals surface area contributed by atoms with Crippen molar-refractivity contribution in [3.05, 3.63) is 23.8 Å². The minimum atomic E-state index is -0.320. The number of carbonyl (C=O) groups is 1. The zero-order valence-corrected chi connectivity index (χ0v) is 11.2. The van der Waals surface area contributed by atoms with Gasteiger partial charge >= 0.3 is 0 Å². The van der Waals surface area contributed by atoms with Crippen molar-refractivity contribution < 1.29 is 19.4 Å². The SMILES string of the molecule is COc1cccc(C(=O)NCC2(OC)CCC2)c1O. The second-order valence-corrected chi connectivity index (χ2v) is 4.78. The minimum Gasteiger partial charge on any atom is -0.504 e. The van der Waals surface area contributed by atoms with E-state index < -0.39 is 0 Å². The molecule has 0 aliphatic heterocycles. The van der Waals surface area contributed by atoms with Crippen LogP contribution in [0, 0.1) is 0 Å². The highest BCUT2D eigenvalue weighted by Gasteiger charge is 2.37. The zero-order chi connectivity index (χ0) is 13.9. The number of amides is 1. The Kier molecular flexibility index (Phi) is 3.95. The van der Waals surface area contributed by atoms with Gasteiger partial charge in [-0.1, -0.05) is 6.07 Å². The number of benzene rings is 1. The van der Waals surface area contributed by atoms with Crippen LogP contribution in [-0.2, 0) is 4.74 Å². The number of ether oxygens (including phenoxy) is 2. The maximum atomic E-state index is 12.1. The Balaban J connectivity index is 2.04. The van der Waals surface area contributed by atoms with Crippen molar-refractivity contribution in [1.29, 1.82) is 0 Å². The van der Waals surface area contributed by atoms with Gasteiger partial charge in [-0.25, -0.2) is 0 Å². The topological polar surface area (TPSA) is 67.8 Å². The summed E-state index contributed by atoms with van der Waals surface area (Å²) in [6.45, 7) is 0.457. The van der Waals surface area contributed by atoms with E-state index in [-0.39, 0.29) is 28.6 Å². The van der Waals surface area contributed by atoms with Crippen molar-refractivity contribution in [2.75, 3.05) is 20.8 Å². The number of methoxy groups -OCH3 is 2. The lowest BCUT2D eigenvalue weighted by molar-refractivity contribution is -0.0679. The lowest BCUT2D eigenvalue weighted by Gasteiger charge is -2.40. The fourth-order valence-corrected chi connectivity index (χ4v) is 2.23. The van der Waals surface area contributed by atoms with Gasteiger partial charge in [0.05, 0.1) is 18.3 Å². The fraction of sp³-hybridized carbons (Fsp3) is 0.500. The number of para-hydroxylation sites is 1. The van der Waals surface area contributed by atoms with Crippen LogP contribution in [-0.4, -0.2) is 37.4 Å². The van der Waals surface area contributed by atoms with Crippen LogP contribution in [0.25, 0.3) is 0 Å². The van der Waals surface area contributed by atoms with Crippen LogP contribution in [0.2, 0.25) is 0 Å². The Morgan fingerprint density at radius 3 is 2.68 bits per heavy atom. The van der Waals surface area contributed by atoms with Crippen LogP contribution in [0.1, 0.15) is 29.6 Å². The van der Waals surface area contributed by atoms with Gasteiger partial charge in [0.15, 0.2) is 11.5 Å². The Bertz CT molecular complexity index is 463. The predicted octanol–water partition coefficient (Wildman–Crippen LogP) is 1.70. The van der Waals surface area contributed by atoms with Crippen molar-refractivity contribution in [3.63, 3.8) is 0 Å². The highest BCUT2D eigenvalue weighted by atomic mass is 16.5. The van der Waals surface area contributed by atoms with E-state index in [9.17, 15) is 9.90 Å². The average molecular weight is 265 g/mol. The van der Waals surface area contributed by atoms with E-state index in [0.29, 0.717) is 6.54 Å². The van der Waals surface area contributed by atoms with Crippen molar-refractivity contribution in [1.82, 2.24) is 5.32 Å². The maximum Gasteiger partial charge on any atom is 0.255 e. The molecule has 0 radical (unpaired) electrons. The average Bonchev–Trinajstić information content (AvgIpc) is 2.38. The van der Waals surface area contributed by atoms with Gasteiger partial charge in [0.1, 0.15) is 0 Å². The summed E-state index contributed by atoms with van der Waals surface area (Å²) in [6.07, 6.45) is 3.02. The molecule has 5 nitrogen and oxygen atoms in total. The van der Waals surface area contributed by atoms with Crippen molar-refractivity contribution in [2.45, 2.75) is 24.9 Å². The molecule has 0 saturated heterocycles. The summed E-state index contributed by atoms with van der Waals surface area (Å²) >= 11 is 0. The summed E-state index contributed by atoms with van der Waals surface area (Å²) in [5.41, 5.74) is -0.0191. The maximum absolute atomic E-state index is 12.1. The summed E-state index contributed by atoms with van der Waals surface area (Å²) in [5.74, 6) is -0.167. The van der Waals surface area contributed by atoms with Crippen LogP contribution < -0.4 is 10.1 Å². The number of aromatic hydroxyl groups is 1. The summed E-state index contributed by atoms with van der Waals surface area (Å²) in [6, 6.07) is 4.84. The first kappa shape index (κ1) is 13.7. The smallest absolute Gasteiger partial charge is 0.255 e. The number of phenolic OH excluding ortho intramolecular Hbond substituents is 1. The van der Waals surface area contributed by atoms with Gasteiger partial charge in [-0.15, -0.1) is 0 Å². The second-order valence-electron chi connectivity index (χ2n) is 4.78. The van der Waals surface area contributed by atoms with Gasteiger partial charge in [0.2, 0.25) is 0 Å².